The van der Waals surface area contributed by atoms with Crippen LogP contribution in [0.15, 0.2) is 30.3 Å². The topological polar surface area (TPSA) is 9.23 Å². The van der Waals surface area contributed by atoms with Gasteiger partial charge in [0.15, 0.2) is 11.6 Å². The summed E-state index contributed by atoms with van der Waals surface area (Å²) in [7, 11) is 0. The Morgan fingerprint density at radius 3 is 2.47 bits per heavy atom. The molecule has 176 valence electrons. The van der Waals surface area contributed by atoms with E-state index in [-0.39, 0.29) is 5.75 Å². The fraction of sp³-hybridized carbons (Fsp3) is 0.643. The summed E-state index contributed by atoms with van der Waals surface area (Å²) < 4.78 is 43.5. The van der Waals surface area contributed by atoms with Crippen LogP contribution >= 0.6 is 0 Å². The van der Waals surface area contributed by atoms with Crippen molar-refractivity contribution in [2.75, 3.05) is 0 Å². The normalized spacial score (nSPS) is 25.8. The van der Waals surface area contributed by atoms with Gasteiger partial charge in [-0.3, -0.25) is 0 Å². The third-order valence-corrected chi connectivity index (χ3v) is 8.04. The van der Waals surface area contributed by atoms with Crippen LogP contribution in [0.25, 0.3) is 10.8 Å². The van der Waals surface area contributed by atoms with Crippen LogP contribution in [0.5, 0.6) is 5.75 Å². The molecule has 32 heavy (non-hydrogen) atoms. The number of halogens is 3. The molecule has 2 aromatic rings. The van der Waals surface area contributed by atoms with Crippen LogP contribution < -0.4 is 4.74 Å². The number of unbranched alkanes of at least 4 members (excludes halogenated alkanes) is 4. The van der Waals surface area contributed by atoms with Crippen LogP contribution in [0.3, 0.4) is 0 Å². The van der Waals surface area contributed by atoms with Crippen LogP contribution in [0.4, 0.5) is 13.2 Å². The summed E-state index contributed by atoms with van der Waals surface area (Å²) in [5, 5.41) is 1.49. The Hall–Kier alpha value is -1.71. The molecule has 0 radical (unpaired) electrons. The first kappa shape index (κ1) is 23.4. The van der Waals surface area contributed by atoms with E-state index in [9.17, 15) is 13.2 Å². The zero-order valence-corrected chi connectivity index (χ0v) is 19.3. The molecule has 2 saturated carbocycles. The predicted molar refractivity (Wildman–Crippen MR) is 125 cm³/mol. The molecule has 2 aliphatic carbocycles. The van der Waals surface area contributed by atoms with Gasteiger partial charge in [0.2, 0.25) is 0 Å². The van der Waals surface area contributed by atoms with E-state index in [1.54, 1.807) is 0 Å². The van der Waals surface area contributed by atoms with Crippen LogP contribution in [0.2, 0.25) is 0 Å². The Morgan fingerprint density at radius 2 is 1.66 bits per heavy atom. The molecule has 1 nitrogen and oxygen atoms in total. The Balaban J connectivity index is 1.34. The highest BCUT2D eigenvalue weighted by Gasteiger charge is 2.35. The zero-order chi connectivity index (χ0) is 22.5. The molecule has 0 saturated heterocycles. The van der Waals surface area contributed by atoms with E-state index in [2.05, 4.69) is 23.8 Å². The van der Waals surface area contributed by atoms with E-state index in [0.717, 1.165) is 28.5 Å². The monoisotopic (exact) mass is 446 g/mol. The lowest BCUT2D eigenvalue weighted by molar-refractivity contribution is -0.0520. The van der Waals surface area contributed by atoms with Crippen molar-refractivity contribution < 1.29 is 17.9 Å². The van der Waals surface area contributed by atoms with Crippen molar-refractivity contribution in [2.24, 2.45) is 17.8 Å². The number of rotatable bonds is 9. The molecule has 2 aliphatic rings. The highest BCUT2D eigenvalue weighted by atomic mass is 19.3. The van der Waals surface area contributed by atoms with Gasteiger partial charge in [-0.2, -0.15) is 8.78 Å². The number of fused-ring (bicyclic) bond motifs is 2. The molecule has 0 amide bonds. The lowest BCUT2D eigenvalue weighted by Gasteiger charge is -2.42. The number of ether oxygens (including phenoxy) is 1. The summed E-state index contributed by atoms with van der Waals surface area (Å²) >= 11 is 0. The minimum atomic E-state index is -3.02. The fourth-order valence-corrected chi connectivity index (χ4v) is 6.30. The van der Waals surface area contributed by atoms with Crippen molar-refractivity contribution in [1.29, 1.82) is 0 Å². The molecule has 0 heterocycles. The maximum absolute atomic E-state index is 14.2. The van der Waals surface area contributed by atoms with Crippen molar-refractivity contribution in [3.8, 4) is 5.75 Å². The fourth-order valence-electron chi connectivity index (χ4n) is 6.30. The molecule has 0 spiro atoms. The quantitative estimate of drug-likeness (QED) is 0.349. The van der Waals surface area contributed by atoms with Gasteiger partial charge in [-0.25, -0.2) is 4.39 Å². The van der Waals surface area contributed by atoms with Gasteiger partial charge >= 0.3 is 6.61 Å². The van der Waals surface area contributed by atoms with Gasteiger partial charge < -0.3 is 4.74 Å². The second-order valence-corrected chi connectivity index (χ2v) is 10.2. The summed E-state index contributed by atoms with van der Waals surface area (Å²) in [6, 6.07) is 8.77. The maximum Gasteiger partial charge on any atom is 0.387 e. The van der Waals surface area contributed by atoms with Crippen LogP contribution in [-0.2, 0) is 0 Å². The molecule has 2 fully saturated rings. The molecule has 4 atom stereocenters. The van der Waals surface area contributed by atoms with Crippen molar-refractivity contribution in [1.82, 2.24) is 0 Å². The second-order valence-electron chi connectivity index (χ2n) is 10.2. The predicted octanol–water partition coefficient (Wildman–Crippen LogP) is 9.24. The standard InChI is InChI=1S/C28H37F3O/c1-2-3-4-5-6-7-19-8-9-21-15-22(11-10-20(21)14-19)23-12-13-24-18-27(32-28(30)31)26(29)17-25(24)16-23/h12-13,16-22,28H,2-11,14-15H2,1H3/t19-,20?,21-,22?/m1/s1. The largest absolute Gasteiger partial charge is 0.432 e. The molecular formula is C28H37F3O. The van der Waals surface area contributed by atoms with Crippen molar-refractivity contribution in [3.05, 3.63) is 41.7 Å². The first-order valence-corrected chi connectivity index (χ1v) is 12.7. The van der Waals surface area contributed by atoms with Gasteiger partial charge in [-0.1, -0.05) is 70.1 Å². The smallest absolute Gasteiger partial charge is 0.387 e. The third kappa shape index (κ3) is 5.80. The molecule has 0 N–H and O–H groups in total. The zero-order valence-electron chi connectivity index (χ0n) is 19.3. The Morgan fingerprint density at radius 1 is 0.875 bits per heavy atom. The number of benzene rings is 2. The highest BCUT2D eigenvalue weighted by molar-refractivity contribution is 5.84. The van der Waals surface area contributed by atoms with Crippen molar-refractivity contribution in [3.63, 3.8) is 0 Å². The Bertz CT molecular complexity index is 880. The molecular weight excluding hydrogens is 409 g/mol. The van der Waals surface area contributed by atoms with Gasteiger partial charge in [0.05, 0.1) is 0 Å². The van der Waals surface area contributed by atoms with Gasteiger partial charge in [-0.05, 0) is 84.2 Å². The number of alkyl halides is 2. The average molecular weight is 447 g/mol. The molecule has 2 unspecified atom stereocenters. The first-order valence-electron chi connectivity index (χ1n) is 12.7. The van der Waals surface area contributed by atoms with E-state index in [4.69, 9.17) is 0 Å². The van der Waals surface area contributed by atoms with Crippen LogP contribution in [0, 0.1) is 23.6 Å². The SMILES string of the molecule is CCCCCCC[C@@H]1CC[C@@H]2CC(c3ccc4cc(OC(F)F)c(F)cc4c3)CCC2C1. The minimum Gasteiger partial charge on any atom is -0.432 e. The minimum absolute atomic E-state index is 0.386. The third-order valence-electron chi connectivity index (χ3n) is 8.04. The van der Waals surface area contributed by atoms with Gasteiger partial charge in [0.1, 0.15) is 0 Å². The van der Waals surface area contributed by atoms with E-state index >= 15 is 0 Å². The van der Waals surface area contributed by atoms with Gasteiger partial charge in [-0.15, -0.1) is 0 Å². The van der Waals surface area contributed by atoms with E-state index in [1.807, 2.05) is 6.07 Å². The molecule has 4 rings (SSSR count). The average Bonchev–Trinajstić information content (AvgIpc) is 2.78. The van der Waals surface area contributed by atoms with Gasteiger partial charge in [0, 0.05) is 0 Å². The molecule has 0 aliphatic heterocycles. The van der Waals surface area contributed by atoms with E-state index in [1.165, 1.54) is 94.7 Å². The summed E-state index contributed by atoms with van der Waals surface area (Å²) in [5.41, 5.74) is 1.26. The second kappa shape index (κ2) is 10.9. The lowest BCUT2D eigenvalue weighted by atomic mass is 9.63. The Kier molecular flexibility index (Phi) is 8.02. The molecule has 0 aromatic heterocycles. The van der Waals surface area contributed by atoms with Gasteiger partial charge in [0.25, 0.3) is 0 Å². The Labute approximate surface area is 190 Å². The lowest BCUT2D eigenvalue weighted by Crippen LogP contribution is -2.30. The summed E-state index contributed by atoms with van der Waals surface area (Å²) in [4.78, 5) is 0. The summed E-state index contributed by atoms with van der Waals surface area (Å²) in [6.07, 6.45) is 16.2. The van der Waals surface area contributed by atoms with Crippen LogP contribution in [-0.4, -0.2) is 6.61 Å². The van der Waals surface area contributed by atoms with E-state index < -0.39 is 12.4 Å². The van der Waals surface area contributed by atoms with Crippen molar-refractivity contribution in [2.45, 2.75) is 96.5 Å². The summed E-state index contributed by atoms with van der Waals surface area (Å²) in [6.45, 7) is -0.747. The van der Waals surface area contributed by atoms with Crippen molar-refractivity contribution >= 4 is 10.8 Å². The number of hydrogen-bond acceptors (Lipinski definition) is 1. The van der Waals surface area contributed by atoms with E-state index in [0.29, 0.717) is 5.92 Å². The molecule has 2 aromatic carbocycles. The molecule has 0 bridgehead atoms. The van der Waals surface area contributed by atoms with Crippen LogP contribution in [0.1, 0.15) is 95.5 Å². The number of hydrogen-bond donors (Lipinski definition) is 0. The summed E-state index contributed by atoms with van der Waals surface area (Å²) in [5.74, 6) is 2.04. The molecule has 4 heteroatoms. The highest BCUT2D eigenvalue weighted by Crippen LogP contribution is 2.48. The maximum atomic E-state index is 14.2. The first-order chi connectivity index (χ1) is 15.5.